The van der Waals surface area contributed by atoms with Crippen molar-refractivity contribution >= 4 is 0 Å². The van der Waals surface area contributed by atoms with E-state index in [1.807, 2.05) is 27.7 Å². The molecule has 0 aromatic carbocycles. The van der Waals surface area contributed by atoms with E-state index in [1.165, 1.54) is 0 Å². The molecule has 0 heterocycles. The van der Waals surface area contributed by atoms with Crippen LogP contribution in [0.3, 0.4) is 0 Å². The molecule has 0 spiro atoms. The largest absolute Gasteiger partial charge is 0.422 e. The summed E-state index contributed by atoms with van der Waals surface area (Å²) in [6.45, 7) is 18.4. The van der Waals surface area contributed by atoms with Gasteiger partial charge in [0.2, 0.25) is 6.04 Å². The molecular weight excluding hydrogens is 312 g/mol. The third kappa shape index (κ3) is 13.1. The Morgan fingerprint density at radius 2 is 1.25 bits per heavy atom. The lowest BCUT2D eigenvalue weighted by Crippen LogP contribution is -2.28. The van der Waals surface area contributed by atoms with Crippen molar-refractivity contribution in [1.82, 2.24) is 0 Å². The zero-order valence-electron chi connectivity index (χ0n) is 15.4. The van der Waals surface area contributed by atoms with E-state index in [0.29, 0.717) is 33.0 Å². The lowest BCUT2D eigenvalue weighted by molar-refractivity contribution is -0.0867. The van der Waals surface area contributed by atoms with Crippen molar-refractivity contribution in [3.63, 3.8) is 0 Å². The van der Waals surface area contributed by atoms with Gasteiger partial charge in [-0.1, -0.05) is 0 Å². The van der Waals surface area contributed by atoms with Crippen LogP contribution in [0.25, 0.3) is 4.85 Å². The fourth-order valence-corrected chi connectivity index (χ4v) is 1.61. The summed E-state index contributed by atoms with van der Waals surface area (Å²) in [6.07, 6.45) is 1.18. The number of nitriles is 1. The molecule has 0 fully saturated rings. The highest BCUT2D eigenvalue weighted by Crippen LogP contribution is 2.02. The SMILES string of the molecule is [C-]#[N+]C(C)COCC(C)OCC(C)OCC(C)OCC(C)OC#N. The maximum Gasteiger partial charge on any atom is 0.286 e. The lowest BCUT2D eigenvalue weighted by atomic mass is 10.3. The molecule has 0 aliphatic rings. The summed E-state index contributed by atoms with van der Waals surface area (Å²) < 4.78 is 27.0. The number of hydrogen-bond acceptors (Lipinski definition) is 6. The third-order valence-electron chi connectivity index (χ3n) is 3.03. The second-order valence-electron chi connectivity index (χ2n) is 5.97. The zero-order chi connectivity index (χ0) is 18.4. The van der Waals surface area contributed by atoms with Crippen molar-refractivity contribution in [3.8, 4) is 6.26 Å². The van der Waals surface area contributed by atoms with Crippen molar-refractivity contribution in [3.05, 3.63) is 11.4 Å². The van der Waals surface area contributed by atoms with E-state index >= 15 is 0 Å². The predicted molar refractivity (Wildman–Crippen MR) is 89.3 cm³/mol. The minimum absolute atomic E-state index is 0.0494. The Kier molecular flexibility index (Phi) is 13.2. The van der Waals surface area contributed by atoms with Gasteiger partial charge < -0.3 is 28.5 Å². The molecule has 0 N–H and O–H groups in total. The van der Waals surface area contributed by atoms with Gasteiger partial charge in [0.1, 0.15) is 12.7 Å². The van der Waals surface area contributed by atoms with Crippen LogP contribution in [0.2, 0.25) is 0 Å². The molecule has 0 radical (unpaired) electrons. The molecule has 0 saturated heterocycles. The van der Waals surface area contributed by atoms with Crippen LogP contribution in [-0.2, 0) is 23.7 Å². The maximum atomic E-state index is 8.39. The molecule has 0 aromatic rings. The smallest absolute Gasteiger partial charge is 0.286 e. The van der Waals surface area contributed by atoms with Crippen LogP contribution in [0, 0.1) is 18.1 Å². The van der Waals surface area contributed by atoms with Crippen molar-refractivity contribution in [2.24, 2.45) is 0 Å². The number of ether oxygens (including phenoxy) is 5. The van der Waals surface area contributed by atoms with Gasteiger partial charge in [-0.05, 0) is 27.7 Å². The van der Waals surface area contributed by atoms with Crippen molar-refractivity contribution < 1.29 is 23.7 Å². The lowest BCUT2D eigenvalue weighted by Gasteiger charge is -2.20. The van der Waals surface area contributed by atoms with Gasteiger partial charge in [0, 0.05) is 6.92 Å². The topological polar surface area (TPSA) is 74.3 Å². The third-order valence-corrected chi connectivity index (χ3v) is 3.03. The molecule has 0 aliphatic heterocycles. The van der Waals surface area contributed by atoms with Crippen molar-refractivity contribution in [2.45, 2.75) is 65.1 Å². The minimum atomic E-state index is -0.260. The van der Waals surface area contributed by atoms with Gasteiger partial charge in [-0.15, -0.1) is 0 Å². The van der Waals surface area contributed by atoms with E-state index in [4.69, 9.17) is 35.5 Å². The van der Waals surface area contributed by atoms with Gasteiger partial charge in [0.05, 0.1) is 44.7 Å². The Hall–Kier alpha value is -1.38. The summed E-state index contributed by atoms with van der Waals surface area (Å²) in [7, 11) is 0. The van der Waals surface area contributed by atoms with Crippen molar-refractivity contribution in [2.75, 3.05) is 33.0 Å². The van der Waals surface area contributed by atoms with Crippen LogP contribution < -0.4 is 0 Å². The highest BCUT2D eigenvalue weighted by Gasteiger charge is 2.12. The first-order valence-electron chi connectivity index (χ1n) is 8.22. The first-order chi connectivity index (χ1) is 11.4. The molecule has 138 valence electrons. The summed E-state index contributed by atoms with van der Waals surface area (Å²) >= 11 is 0. The second kappa shape index (κ2) is 14.0. The maximum absolute atomic E-state index is 8.39. The second-order valence-corrected chi connectivity index (χ2v) is 5.97. The molecule has 0 aliphatic carbocycles. The molecule has 24 heavy (non-hydrogen) atoms. The van der Waals surface area contributed by atoms with Gasteiger partial charge in [-0.3, -0.25) is 0 Å². The molecular formula is C17H30N2O5. The van der Waals surface area contributed by atoms with Crippen LogP contribution in [0.5, 0.6) is 0 Å². The van der Waals surface area contributed by atoms with Gasteiger partial charge in [0.25, 0.3) is 6.26 Å². The number of nitrogens with zero attached hydrogens (tertiary/aromatic N) is 2. The molecule has 0 saturated carbocycles. The monoisotopic (exact) mass is 342 g/mol. The summed E-state index contributed by atoms with van der Waals surface area (Å²) in [5.74, 6) is 0. The van der Waals surface area contributed by atoms with Crippen LogP contribution in [0.4, 0.5) is 0 Å². The Labute approximate surface area is 145 Å². The quantitative estimate of drug-likeness (QED) is 0.356. The fraction of sp³-hybridized carbons (Fsp3) is 0.882. The van der Waals surface area contributed by atoms with E-state index in [1.54, 1.807) is 13.2 Å². The molecule has 5 atom stereocenters. The number of hydrogen-bond donors (Lipinski definition) is 0. The van der Waals surface area contributed by atoms with Crippen LogP contribution in [-0.4, -0.2) is 63.5 Å². The molecule has 7 heteroatoms. The van der Waals surface area contributed by atoms with E-state index in [0.717, 1.165) is 0 Å². The van der Waals surface area contributed by atoms with Gasteiger partial charge in [0.15, 0.2) is 0 Å². The molecule has 0 bridgehead atoms. The highest BCUT2D eigenvalue weighted by atomic mass is 16.6. The fourth-order valence-electron chi connectivity index (χ4n) is 1.61. The van der Waals surface area contributed by atoms with Crippen LogP contribution >= 0.6 is 0 Å². The Morgan fingerprint density at radius 1 is 0.792 bits per heavy atom. The van der Waals surface area contributed by atoms with Gasteiger partial charge >= 0.3 is 0 Å². The van der Waals surface area contributed by atoms with Crippen LogP contribution in [0.1, 0.15) is 34.6 Å². The molecule has 0 rings (SSSR count). The first kappa shape index (κ1) is 22.6. The Morgan fingerprint density at radius 3 is 1.71 bits per heavy atom. The van der Waals surface area contributed by atoms with Crippen LogP contribution in [0.15, 0.2) is 0 Å². The summed E-state index contributed by atoms with van der Waals surface area (Å²) in [4.78, 5) is 3.37. The van der Waals surface area contributed by atoms with E-state index in [-0.39, 0.29) is 30.5 Å². The average Bonchev–Trinajstić information content (AvgIpc) is 2.56. The van der Waals surface area contributed by atoms with E-state index in [9.17, 15) is 0 Å². The van der Waals surface area contributed by atoms with Crippen molar-refractivity contribution in [1.29, 1.82) is 5.26 Å². The zero-order valence-corrected chi connectivity index (χ0v) is 15.4. The molecule has 0 aromatic heterocycles. The van der Waals surface area contributed by atoms with E-state index in [2.05, 4.69) is 4.85 Å². The Balaban J connectivity index is 3.69. The number of rotatable bonds is 14. The molecule has 0 amide bonds. The normalized spacial score (nSPS) is 17.1. The predicted octanol–water partition coefficient (Wildman–Crippen LogP) is 2.41. The summed E-state index contributed by atoms with van der Waals surface area (Å²) in [5, 5.41) is 8.39. The molecule has 7 nitrogen and oxygen atoms in total. The minimum Gasteiger partial charge on any atom is -0.422 e. The van der Waals surface area contributed by atoms with Gasteiger partial charge in [-0.2, -0.15) is 5.26 Å². The summed E-state index contributed by atoms with van der Waals surface area (Å²) in [5.41, 5.74) is 0. The summed E-state index contributed by atoms with van der Waals surface area (Å²) in [6, 6.07) is -0.123. The highest BCUT2D eigenvalue weighted by molar-refractivity contribution is 4.71. The van der Waals surface area contributed by atoms with Gasteiger partial charge in [-0.25, -0.2) is 6.57 Å². The van der Waals surface area contributed by atoms with E-state index < -0.39 is 0 Å². The first-order valence-corrected chi connectivity index (χ1v) is 8.22. The Bertz CT molecular complexity index is 393. The standard InChI is InChI=1S/C17H30N2O5/c1-13(19-6)7-20-8-14(2)21-9-15(3)22-10-16(4)23-11-17(5)24-12-18/h13-17H,7-11H2,1-5H3. The average molecular weight is 342 g/mol. The molecule has 5 unspecified atom stereocenters.